The highest BCUT2D eigenvalue weighted by Gasteiger charge is 2.59. The van der Waals surface area contributed by atoms with E-state index in [1.165, 1.54) is 51.4 Å². The molecule has 0 aliphatic heterocycles. The van der Waals surface area contributed by atoms with Crippen LogP contribution in [0.2, 0.25) is 0 Å². The lowest BCUT2D eigenvalue weighted by molar-refractivity contribution is -0.0594. The Morgan fingerprint density at radius 3 is 2.56 bits per heavy atom. The summed E-state index contributed by atoms with van der Waals surface area (Å²) in [6, 6.07) is 3.50. The van der Waals surface area contributed by atoms with E-state index in [0.717, 1.165) is 54.8 Å². The molecule has 1 aromatic heterocycles. The van der Waals surface area contributed by atoms with Crippen molar-refractivity contribution in [2.24, 2.45) is 46.3 Å². The van der Waals surface area contributed by atoms with E-state index in [4.69, 9.17) is 4.74 Å². The van der Waals surface area contributed by atoms with Crippen molar-refractivity contribution in [1.29, 1.82) is 0 Å². The van der Waals surface area contributed by atoms with E-state index in [0.29, 0.717) is 16.4 Å². The monoisotopic (exact) mass is 491 g/mol. The van der Waals surface area contributed by atoms with Gasteiger partial charge < -0.3 is 4.74 Å². The van der Waals surface area contributed by atoms with Crippen LogP contribution in [0.4, 0.5) is 0 Å². The van der Waals surface area contributed by atoms with E-state index in [2.05, 4.69) is 45.7 Å². The highest BCUT2D eigenvalue weighted by Crippen LogP contribution is 2.67. The predicted molar refractivity (Wildman–Crippen MR) is 146 cm³/mol. The molecule has 3 heteroatoms. The molecule has 4 aliphatic carbocycles. The number of nitrogens with zero attached hydrogens (tertiary/aromatic N) is 1. The van der Waals surface area contributed by atoms with Gasteiger partial charge in [-0.1, -0.05) is 65.5 Å². The number of carbonyl (C=O) groups is 1. The molecule has 198 valence electrons. The Hall–Kier alpha value is -1.64. The Morgan fingerprint density at radius 2 is 1.81 bits per heavy atom. The molecule has 5 rings (SSSR count). The molecule has 0 radical (unpaired) electrons. The molecule has 4 aliphatic rings. The molecule has 1 aromatic rings. The predicted octanol–water partition coefficient (Wildman–Crippen LogP) is 8.65. The Morgan fingerprint density at radius 1 is 1.03 bits per heavy atom. The number of fused-ring (bicyclic) bond motifs is 5. The van der Waals surface area contributed by atoms with Gasteiger partial charge in [0, 0.05) is 18.8 Å². The average Bonchev–Trinajstić information content (AvgIpc) is 3.22. The van der Waals surface area contributed by atoms with Crippen molar-refractivity contribution < 1.29 is 9.53 Å². The average molecular weight is 492 g/mol. The van der Waals surface area contributed by atoms with Crippen LogP contribution in [0.15, 0.2) is 36.2 Å². The minimum Gasteiger partial charge on any atom is -0.458 e. The van der Waals surface area contributed by atoms with Crippen LogP contribution in [0.25, 0.3) is 0 Å². The maximum Gasteiger partial charge on any atom is 0.338 e. The molecule has 0 amide bonds. The van der Waals surface area contributed by atoms with Gasteiger partial charge in [-0.15, -0.1) is 0 Å². The van der Waals surface area contributed by atoms with Gasteiger partial charge in [0.2, 0.25) is 0 Å². The third kappa shape index (κ3) is 4.69. The molecule has 3 nitrogen and oxygen atoms in total. The van der Waals surface area contributed by atoms with Crippen LogP contribution in [0, 0.1) is 46.3 Å². The van der Waals surface area contributed by atoms with Crippen LogP contribution in [-0.2, 0) is 4.74 Å². The molecule has 0 spiro atoms. The maximum absolute atomic E-state index is 12.7. The van der Waals surface area contributed by atoms with Crippen molar-refractivity contribution in [3.8, 4) is 0 Å². The van der Waals surface area contributed by atoms with Gasteiger partial charge in [0.1, 0.15) is 6.10 Å². The molecule has 8 atom stereocenters. The van der Waals surface area contributed by atoms with Crippen molar-refractivity contribution >= 4 is 5.97 Å². The highest BCUT2D eigenvalue weighted by atomic mass is 16.5. The first-order chi connectivity index (χ1) is 17.2. The number of pyridine rings is 1. The van der Waals surface area contributed by atoms with E-state index in [9.17, 15) is 4.79 Å². The number of carbonyl (C=O) groups excluding carboxylic acids is 1. The summed E-state index contributed by atoms with van der Waals surface area (Å²) in [5.41, 5.74) is 3.03. The molecule has 0 saturated heterocycles. The Balaban J connectivity index is 1.25. The summed E-state index contributed by atoms with van der Waals surface area (Å²) < 4.78 is 5.97. The van der Waals surface area contributed by atoms with Gasteiger partial charge in [-0.2, -0.15) is 0 Å². The van der Waals surface area contributed by atoms with Crippen LogP contribution in [0.5, 0.6) is 0 Å². The van der Waals surface area contributed by atoms with Crippen LogP contribution in [0.1, 0.15) is 116 Å². The van der Waals surface area contributed by atoms with Crippen LogP contribution in [0.3, 0.4) is 0 Å². The number of aromatic nitrogens is 1. The van der Waals surface area contributed by atoms with Crippen molar-refractivity contribution in [1.82, 2.24) is 4.98 Å². The smallest absolute Gasteiger partial charge is 0.338 e. The van der Waals surface area contributed by atoms with E-state index in [1.807, 2.05) is 0 Å². The first-order valence-electron chi connectivity index (χ1n) is 15.0. The summed E-state index contributed by atoms with van der Waals surface area (Å²) in [7, 11) is 0. The molecular weight excluding hydrogens is 442 g/mol. The summed E-state index contributed by atoms with van der Waals surface area (Å²) in [4.78, 5) is 16.7. The summed E-state index contributed by atoms with van der Waals surface area (Å²) in [5, 5.41) is 0. The second kappa shape index (κ2) is 10.3. The van der Waals surface area contributed by atoms with Crippen molar-refractivity contribution in [3.05, 3.63) is 41.7 Å². The molecule has 0 aromatic carbocycles. The lowest BCUT2D eigenvalue weighted by atomic mass is 9.47. The Bertz CT molecular complexity index is 954. The fourth-order valence-electron chi connectivity index (χ4n) is 9.46. The second-order valence-electron chi connectivity index (χ2n) is 13.8. The van der Waals surface area contributed by atoms with Gasteiger partial charge in [-0.25, -0.2) is 4.79 Å². The van der Waals surface area contributed by atoms with Gasteiger partial charge in [0.15, 0.2) is 0 Å². The summed E-state index contributed by atoms with van der Waals surface area (Å²) in [5.74, 6) is 4.96. The minimum absolute atomic E-state index is 0.0120. The first-order valence-corrected chi connectivity index (χ1v) is 15.0. The summed E-state index contributed by atoms with van der Waals surface area (Å²) in [6.45, 7) is 12.5. The first kappa shape index (κ1) is 26.0. The van der Waals surface area contributed by atoms with E-state index < -0.39 is 0 Å². The van der Waals surface area contributed by atoms with E-state index in [-0.39, 0.29) is 12.1 Å². The fourth-order valence-corrected chi connectivity index (χ4v) is 9.46. The van der Waals surface area contributed by atoms with Gasteiger partial charge in [0.25, 0.3) is 0 Å². The third-order valence-electron chi connectivity index (χ3n) is 11.4. The van der Waals surface area contributed by atoms with Crippen LogP contribution < -0.4 is 0 Å². The quantitative estimate of drug-likeness (QED) is 0.283. The number of rotatable bonds is 7. The Labute approximate surface area is 219 Å². The third-order valence-corrected chi connectivity index (χ3v) is 11.4. The Kier molecular flexibility index (Phi) is 7.40. The van der Waals surface area contributed by atoms with Gasteiger partial charge in [-0.3, -0.25) is 4.98 Å². The second-order valence-corrected chi connectivity index (χ2v) is 13.8. The van der Waals surface area contributed by atoms with Gasteiger partial charge in [-0.05, 0) is 103 Å². The molecule has 3 saturated carbocycles. The molecule has 0 unspecified atom stereocenters. The molecule has 36 heavy (non-hydrogen) atoms. The lowest BCUT2D eigenvalue weighted by Crippen LogP contribution is -2.51. The number of hydrogen-bond acceptors (Lipinski definition) is 3. The van der Waals surface area contributed by atoms with Crippen molar-refractivity contribution in [3.63, 3.8) is 0 Å². The van der Waals surface area contributed by atoms with Gasteiger partial charge >= 0.3 is 5.97 Å². The largest absolute Gasteiger partial charge is 0.458 e. The highest BCUT2D eigenvalue weighted by molar-refractivity contribution is 5.89. The molecule has 0 bridgehead atoms. The molecular formula is C33H49NO2. The van der Waals surface area contributed by atoms with Crippen LogP contribution in [-0.4, -0.2) is 17.1 Å². The number of hydrogen-bond donors (Lipinski definition) is 0. The number of ether oxygens (including phenoxy) is 1. The zero-order chi connectivity index (χ0) is 25.5. The standard InChI is InChI=1S/C33H49NO2/c1-22(2)7-6-8-23(3)28-11-12-29-27-10-9-25-21-26(36-31(35)24-15-19-34-20-16-24)13-17-32(25,4)30(27)14-18-33(28,29)5/h9,15-16,19-20,22-23,26-30H,6-8,10-14,17-18,21H2,1-5H3/t23-,26-,27-,28+,29-,30-,32-,33+/m0/s1. The fraction of sp³-hybridized carbons (Fsp3) is 0.758. The normalized spacial score (nSPS) is 38.5. The number of allylic oxidation sites excluding steroid dienone is 1. The van der Waals surface area contributed by atoms with Crippen molar-refractivity contribution in [2.75, 3.05) is 0 Å². The topological polar surface area (TPSA) is 39.2 Å². The van der Waals surface area contributed by atoms with E-state index in [1.54, 1.807) is 30.1 Å². The molecule has 1 heterocycles. The van der Waals surface area contributed by atoms with E-state index >= 15 is 0 Å². The zero-order valence-electron chi connectivity index (χ0n) is 23.5. The summed E-state index contributed by atoms with van der Waals surface area (Å²) in [6.07, 6.45) is 20.2. The zero-order valence-corrected chi connectivity index (χ0v) is 23.5. The summed E-state index contributed by atoms with van der Waals surface area (Å²) >= 11 is 0. The lowest BCUT2D eigenvalue weighted by Gasteiger charge is -2.58. The molecule has 0 N–H and O–H groups in total. The maximum atomic E-state index is 12.7. The van der Waals surface area contributed by atoms with Crippen molar-refractivity contribution in [2.45, 2.75) is 111 Å². The number of esters is 1. The minimum atomic E-state index is -0.201. The van der Waals surface area contributed by atoms with Crippen LogP contribution >= 0.6 is 0 Å². The van der Waals surface area contributed by atoms with Gasteiger partial charge in [0.05, 0.1) is 5.56 Å². The molecule has 3 fully saturated rings. The SMILES string of the molecule is CC(C)CCC[C@H](C)[C@H]1CC[C@H]2[C@@H]3CC=C4C[C@@H](OC(=O)c5ccncc5)CC[C@]4(C)[C@H]3CC[C@]12C.